The van der Waals surface area contributed by atoms with E-state index in [-0.39, 0.29) is 12.2 Å². The molecule has 0 aliphatic heterocycles. The van der Waals surface area contributed by atoms with Gasteiger partial charge in [-0.15, -0.1) is 0 Å². The molecule has 2 rings (SSSR count). The van der Waals surface area contributed by atoms with E-state index in [1.165, 1.54) is 24.1 Å². The van der Waals surface area contributed by atoms with Crippen molar-refractivity contribution in [3.05, 3.63) is 41.1 Å². The number of esters is 1. The molecule has 0 bridgehead atoms. The van der Waals surface area contributed by atoms with Gasteiger partial charge < -0.3 is 9.15 Å². The maximum Gasteiger partial charge on any atom is 0.306 e. The maximum atomic E-state index is 11.8. The monoisotopic (exact) mass is 392 g/mol. The van der Waals surface area contributed by atoms with Gasteiger partial charge in [0.1, 0.15) is 0 Å². The first-order valence-corrected chi connectivity index (χ1v) is 9.29. The molecule has 2 heterocycles. The maximum absolute atomic E-state index is 11.8. The van der Waals surface area contributed by atoms with Crippen LogP contribution in [0.4, 0.5) is 0 Å². The first-order chi connectivity index (χ1) is 12.9. The predicted octanol–water partition coefficient (Wildman–Crippen LogP) is 1.35. The van der Waals surface area contributed by atoms with Gasteiger partial charge in [-0.2, -0.15) is 0 Å². The van der Waals surface area contributed by atoms with Crippen molar-refractivity contribution in [2.45, 2.75) is 31.8 Å². The molecule has 0 unspecified atom stereocenters. The molecule has 0 saturated heterocycles. The minimum absolute atomic E-state index is 0.0488. The van der Waals surface area contributed by atoms with Crippen LogP contribution in [0.1, 0.15) is 33.9 Å². The number of nitrogens with one attached hydrogen (secondary N) is 2. The van der Waals surface area contributed by atoms with Crippen LogP contribution in [0.15, 0.2) is 28.0 Å². The van der Waals surface area contributed by atoms with Crippen LogP contribution < -0.4 is 10.9 Å². The third kappa shape index (κ3) is 6.10. The van der Waals surface area contributed by atoms with Crippen LogP contribution in [-0.2, 0) is 20.7 Å². The summed E-state index contributed by atoms with van der Waals surface area (Å²) in [5, 5.41) is 0.685. The van der Waals surface area contributed by atoms with Crippen LogP contribution in [-0.4, -0.2) is 40.6 Å². The molecule has 2 aromatic heterocycles. The Hall–Kier alpha value is -2.88. The lowest BCUT2D eigenvalue weighted by atomic mass is 10.1. The number of nitrogens with zero attached hydrogens (tertiary/aromatic N) is 2. The van der Waals surface area contributed by atoms with Crippen molar-refractivity contribution in [3.63, 3.8) is 0 Å². The number of carbonyl (C=O) groups excluding carboxylic acids is 3. The summed E-state index contributed by atoms with van der Waals surface area (Å²) in [5.41, 5.74) is 6.81. The second-order valence-electron chi connectivity index (χ2n) is 5.50. The van der Waals surface area contributed by atoms with Gasteiger partial charge >= 0.3 is 11.9 Å². The number of ether oxygens (including phenoxy) is 1. The third-order valence-electron chi connectivity index (χ3n) is 3.59. The summed E-state index contributed by atoms with van der Waals surface area (Å²) in [7, 11) is 0. The summed E-state index contributed by atoms with van der Waals surface area (Å²) in [4.78, 5) is 43.7. The molecule has 10 heteroatoms. The van der Waals surface area contributed by atoms with E-state index in [9.17, 15) is 14.4 Å². The number of amides is 2. The molecule has 0 aromatic carbocycles. The van der Waals surface area contributed by atoms with Crippen molar-refractivity contribution in [2.75, 3.05) is 12.9 Å². The number of thioether (sulfide) groups is 1. The summed E-state index contributed by atoms with van der Waals surface area (Å²) in [6, 6.07) is 2.99. The zero-order chi connectivity index (χ0) is 19.8. The molecular weight excluding hydrogens is 372 g/mol. The molecule has 0 fully saturated rings. The second-order valence-corrected chi connectivity index (χ2v) is 6.27. The minimum atomic E-state index is -0.664. The fraction of sp³-hybridized carbons (Fsp3) is 0.353. The topological polar surface area (TPSA) is 123 Å². The van der Waals surface area contributed by atoms with Crippen molar-refractivity contribution in [1.82, 2.24) is 20.8 Å². The summed E-state index contributed by atoms with van der Waals surface area (Å²) in [5.74, 6) is -1.76. The molecule has 2 aromatic rings. The van der Waals surface area contributed by atoms with E-state index >= 15 is 0 Å². The quantitative estimate of drug-likeness (QED) is 0.313. The summed E-state index contributed by atoms with van der Waals surface area (Å²) in [6.07, 6.45) is 3.74. The number of carbonyl (C=O) groups is 3. The highest BCUT2D eigenvalue weighted by molar-refractivity contribution is 7.98. The van der Waals surface area contributed by atoms with Crippen molar-refractivity contribution < 1.29 is 23.5 Å². The number of rotatable bonds is 7. The highest BCUT2D eigenvalue weighted by atomic mass is 32.2. The van der Waals surface area contributed by atoms with Gasteiger partial charge in [0.2, 0.25) is 0 Å². The average Bonchev–Trinajstić information content (AvgIpc) is 3.18. The SMILES string of the molecule is CSc1nc(C)c(CCC(=O)OCC(=O)NNC(=O)c2ccco2)c(C)n1. The fourth-order valence-corrected chi connectivity index (χ4v) is 2.70. The van der Waals surface area contributed by atoms with E-state index in [4.69, 9.17) is 9.15 Å². The van der Waals surface area contributed by atoms with Gasteiger partial charge in [-0.1, -0.05) is 11.8 Å². The number of furan rings is 1. The van der Waals surface area contributed by atoms with Gasteiger partial charge in [-0.3, -0.25) is 25.2 Å². The Morgan fingerprint density at radius 3 is 2.48 bits per heavy atom. The van der Waals surface area contributed by atoms with E-state index < -0.39 is 24.4 Å². The Labute approximate surface area is 160 Å². The normalized spacial score (nSPS) is 10.3. The Balaban J connectivity index is 1.73. The fourth-order valence-electron chi connectivity index (χ4n) is 2.24. The van der Waals surface area contributed by atoms with Crippen LogP contribution in [0.25, 0.3) is 0 Å². The molecule has 2 amide bonds. The Morgan fingerprint density at radius 1 is 1.19 bits per heavy atom. The van der Waals surface area contributed by atoms with Gasteiger partial charge in [0, 0.05) is 17.8 Å². The largest absolute Gasteiger partial charge is 0.459 e. The lowest BCUT2D eigenvalue weighted by molar-refractivity contribution is -0.148. The Morgan fingerprint density at radius 2 is 1.89 bits per heavy atom. The summed E-state index contributed by atoms with van der Waals surface area (Å²) in [6.45, 7) is 3.23. The van der Waals surface area contributed by atoms with E-state index in [0.29, 0.717) is 11.6 Å². The number of hydrazine groups is 1. The molecule has 144 valence electrons. The molecule has 0 aliphatic carbocycles. The van der Waals surface area contributed by atoms with E-state index in [1.807, 2.05) is 20.1 Å². The zero-order valence-electron chi connectivity index (χ0n) is 15.2. The van der Waals surface area contributed by atoms with Crippen molar-refractivity contribution in [2.24, 2.45) is 0 Å². The molecule has 2 N–H and O–H groups in total. The molecule has 0 spiro atoms. The van der Waals surface area contributed by atoms with E-state index in [0.717, 1.165) is 17.0 Å². The molecule has 0 radical (unpaired) electrons. The van der Waals surface area contributed by atoms with Crippen molar-refractivity contribution in [3.8, 4) is 0 Å². The average molecular weight is 392 g/mol. The van der Waals surface area contributed by atoms with Crippen molar-refractivity contribution in [1.29, 1.82) is 0 Å². The number of hydrogen-bond acceptors (Lipinski definition) is 8. The minimum Gasteiger partial charge on any atom is -0.459 e. The van der Waals surface area contributed by atoms with E-state index in [2.05, 4.69) is 20.8 Å². The van der Waals surface area contributed by atoms with Crippen LogP contribution in [0.5, 0.6) is 0 Å². The van der Waals surface area contributed by atoms with Crippen LogP contribution in [0.3, 0.4) is 0 Å². The van der Waals surface area contributed by atoms with Gasteiger partial charge in [0.15, 0.2) is 17.5 Å². The van der Waals surface area contributed by atoms with Crippen LogP contribution in [0.2, 0.25) is 0 Å². The second kappa shape index (κ2) is 9.72. The predicted molar refractivity (Wildman–Crippen MR) is 96.9 cm³/mol. The highest BCUT2D eigenvalue weighted by Gasteiger charge is 2.14. The zero-order valence-corrected chi connectivity index (χ0v) is 16.0. The lowest BCUT2D eigenvalue weighted by Crippen LogP contribution is -2.43. The number of hydrogen-bond donors (Lipinski definition) is 2. The highest BCUT2D eigenvalue weighted by Crippen LogP contribution is 2.17. The van der Waals surface area contributed by atoms with Gasteiger partial charge in [-0.05, 0) is 44.2 Å². The first-order valence-electron chi connectivity index (χ1n) is 8.07. The van der Waals surface area contributed by atoms with Gasteiger partial charge in [-0.25, -0.2) is 9.97 Å². The molecular formula is C17H20N4O5S. The summed E-state index contributed by atoms with van der Waals surface area (Å²) < 4.78 is 9.78. The molecule has 0 aliphatic rings. The Kier molecular flexibility index (Phi) is 7.35. The van der Waals surface area contributed by atoms with E-state index in [1.54, 1.807) is 6.07 Å². The standard InChI is InChI=1S/C17H20N4O5S/c1-10-12(11(2)19-17(18-10)27-3)6-7-15(23)26-9-14(22)20-21-16(24)13-5-4-8-25-13/h4-5,8H,6-7,9H2,1-3H3,(H,20,22)(H,21,24). The van der Waals surface area contributed by atoms with Crippen LogP contribution in [0, 0.1) is 13.8 Å². The van der Waals surface area contributed by atoms with Gasteiger partial charge in [0.25, 0.3) is 5.91 Å². The van der Waals surface area contributed by atoms with Crippen LogP contribution >= 0.6 is 11.8 Å². The third-order valence-corrected chi connectivity index (χ3v) is 4.13. The molecule has 0 atom stereocenters. The first kappa shape index (κ1) is 20.4. The number of aryl methyl sites for hydroxylation is 2. The Bertz CT molecular complexity index is 800. The lowest BCUT2D eigenvalue weighted by Gasteiger charge is -2.10. The molecule has 27 heavy (non-hydrogen) atoms. The molecule has 0 saturated carbocycles. The molecule has 9 nitrogen and oxygen atoms in total. The van der Waals surface area contributed by atoms with Gasteiger partial charge in [0.05, 0.1) is 6.26 Å². The summed E-state index contributed by atoms with van der Waals surface area (Å²) >= 11 is 1.45. The van der Waals surface area contributed by atoms with Crippen molar-refractivity contribution >= 4 is 29.5 Å². The smallest absolute Gasteiger partial charge is 0.306 e. The number of aromatic nitrogens is 2.